The van der Waals surface area contributed by atoms with E-state index in [2.05, 4.69) is 53.9 Å². The highest BCUT2D eigenvalue weighted by Gasteiger charge is 2.33. The Hall–Kier alpha value is 0.571. The average Bonchev–Trinajstić information content (AvgIpc) is 2.23. The number of hydrogen-bond acceptors (Lipinski definition) is 2. The second-order valence-electron chi connectivity index (χ2n) is 6.14. The van der Waals surface area contributed by atoms with Gasteiger partial charge in [-0.1, -0.05) is 20.8 Å². The summed E-state index contributed by atoms with van der Waals surface area (Å²) in [4.78, 5) is 0. The van der Waals surface area contributed by atoms with Gasteiger partial charge in [0, 0.05) is 0 Å². The Morgan fingerprint density at radius 3 is 2.06 bits per heavy atom. The summed E-state index contributed by atoms with van der Waals surface area (Å²) in [6, 6.07) is 0. The molecule has 0 N–H and O–H groups in total. The van der Waals surface area contributed by atoms with Crippen LogP contribution in [0.5, 0.6) is 0 Å². The predicted molar refractivity (Wildman–Crippen MR) is 85.5 cm³/mol. The molecule has 1 unspecified atom stereocenters. The van der Waals surface area contributed by atoms with Crippen molar-refractivity contribution in [3.8, 4) is 0 Å². The summed E-state index contributed by atoms with van der Waals surface area (Å²) in [6.45, 7) is 18.3. The van der Waals surface area contributed by atoms with E-state index >= 15 is 0 Å². The van der Waals surface area contributed by atoms with Crippen molar-refractivity contribution >= 4 is 27.1 Å². The van der Waals surface area contributed by atoms with E-state index < -0.39 is 27.1 Å². The lowest BCUT2D eigenvalue weighted by molar-refractivity contribution is 0.0844. The van der Waals surface area contributed by atoms with Gasteiger partial charge in [-0.3, -0.25) is 0 Å². The molecule has 0 aliphatic heterocycles. The van der Waals surface area contributed by atoms with Gasteiger partial charge < -0.3 is 8.54 Å². The zero-order valence-corrected chi connectivity index (χ0v) is 16.7. The van der Waals surface area contributed by atoms with Crippen LogP contribution in [-0.2, 0) is 8.54 Å². The molecule has 0 bridgehead atoms. The third-order valence-electron chi connectivity index (χ3n) is 3.90. The van der Waals surface area contributed by atoms with Crippen LogP contribution in [0.3, 0.4) is 0 Å². The van der Waals surface area contributed by atoms with Gasteiger partial charge >= 0.3 is 0 Å². The van der Waals surface area contributed by atoms with E-state index in [9.17, 15) is 0 Å². The molecule has 0 heterocycles. The van der Waals surface area contributed by atoms with Crippen LogP contribution in [0.15, 0.2) is 0 Å². The highest BCUT2D eigenvalue weighted by molar-refractivity contribution is 6.84. The lowest BCUT2D eigenvalue weighted by Gasteiger charge is -2.35. The van der Waals surface area contributed by atoms with Gasteiger partial charge in [-0.15, -0.1) is 0 Å². The van der Waals surface area contributed by atoms with E-state index in [0.29, 0.717) is 5.16 Å². The van der Waals surface area contributed by atoms with E-state index in [1.807, 2.05) is 0 Å². The Morgan fingerprint density at radius 1 is 1.24 bits per heavy atom. The Balaban J connectivity index is 4.29. The standard InChI is InChI=1S/C12H32O2Si3/c1-9-12(4,10-2)13-15-11(3)17(7,8)14-16(5)6/h11,16H,9-10,15H2,1-8H3. The number of hydrogen-bond donors (Lipinski definition) is 0. The van der Waals surface area contributed by atoms with Gasteiger partial charge in [0.05, 0.1) is 5.60 Å². The van der Waals surface area contributed by atoms with Gasteiger partial charge in [0.2, 0.25) is 0 Å². The minimum absolute atomic E-state index is 0.111. The van der Waals surface area contributed by atoms with Crippen LogP contribution in [0.2, 0.25) is 31.4 Å². The Labute approximate surface area is 113 Å². The molecule has 0 radical (unpaired) electrons. The van der Waals surface area contributed by atoms with Gasteiger partial charge in [0.25, 0.3) is 0 Å². The summed E-state index contributed by atoms with van der Waals surface area (Å²) in [5.41, 5.74) is 0.111. The first-order chi connectivity index (χ1) is 7.67. The van der Waals surface area contributed by atoms with Gasteiger partial charge in [-0.25, -0.2) is 0 Å². The first kappa shape index (κ1) is 17.6. The molecule has 0 saturated carbocycles. The molecule has 17 heavy (non-hydrogen) atoms. The maximum atomic E-state index is 6.27. The Kier molecular flexibility index (Phi) is 7.47. The maximum absolute atomic E-state index is 6.27. The van der Waals surface area contributed by atoms with Crippen molar-refractivity contribution in [3.05, 3.63) is 0 Å². The molecular weight excluding hydrogens is 260 g/mol. The van der Waals surface area contributed by atoms with Crippen LogP contribution < -0.4 is 0 Å². The molecule has 0 aromatic rings. The van der Waals surface area contributed by atoms with Crippen molar-refractivity contribution in [1.29, 1.82) is 0 Å². The number of rotatable bonds is 8. The van der Waals surface area contributed by atoms with Crippen molar-refractivity contribution in [3.63, 3.8) is 0 Å². The topological polar surface area (TPSA) is 18.5 Å². The third kappa shape index (κ3) is 6.33. The third-order valence-corrected chi connectivity index (χ3v) is 15.4. The van der Waals surface area contributed by atoms with Crippen molar-refractivity contribution in [2.24, 2.45) is 0 Å². The maximum Gasteiger partial charge on any atom is 0.175 e. The Bertz CT molecular complexity index is 216. The summed E-state index contributed by atoms with van der Waals surface area (Å²) in [5, 5.41) is 0.704. The van der Waals surface area contributed by atoms with E-state index in [1.54, 1.807) is 0 Å². The average molecular weight is 293 g/mol. The summed E-state index contributed by atoms with van der Waals surface area (Å²) in [7, 11) is -2.88. The van der Waals surface area contributed by atoms with Crippen molar-refractivity contribution in [2.45, 2.75) is 77.5 Å². The molecule has 104 valence electrons. The van der Waals surface area contributed by atoms with Crippen molar-refractivity contribution < 1.29 is 8.54 Å². The molecular formula is C12H32O2Si3. The van der Waals surface area contributed by atoms with Crippen LogP contribution in [0, 0.1) is 0 Å². The SMILES string of the molecule is CCC(C)(CC)O[SiH2]C(C)[Si](C)(C)O[SiH](C)C. The molecule has 0 fully saturated rings. The zero-order chi connectivity index (χ0) is 13.7. The largest absolute Gasteiger partial charge is 0.458 e. The van der Waals surface area contributed by atoms with Gasteiger partial charge in [-0.2, -0.15) is 0 Å². The molecule has 0 aromatic carbocycles. The normalized spacial score (nSPS) is 16.1. The van der Waals surface area contributed by atoms with E-state index in [1.165, 1.54) is 0 Å². The molecule has 0 aromatic heterocycles. The van der Waals surface area contributed by atoms with Crippen LogP contribution >= 0.6 is 0 Å². The summed E-state index contributed by atoms with van der Waals surface area (Å²) >= 11 is 0. The second-order valence-corrected chi connectivity index (χ2v) is 16.0. The first-order valence-electron chi connectivity index (χ1n) is 6.98. The first-order valence-corrected chi connectivity index (χ1v) is 14.1. The molecule has 0 aliphatic carbocycles. The molecule has 0 amide bonds. The van der Waals surface area contributed by atoms with Crippen molar-refractivity contribution in [2.75, 3.05) is 0 Å². The van der Waals surface area contributed by atoms with Crippen LogP contribution in [-0.4, -0.2) is 32.7 Å². The molecule has 0 saturated heterocycles. The minimum atomic E-state index is -1.50. The van der Waals surface area contributed by atoms with Gasteiger partial charge in [0.1, 0.15) is 0 Å². The van der Waals surface area contributed by atoms with E-state index in [-0.39, 0.29) is 5.60 Å². The molecule has 1 atom stereocenters. The van der Waals surface area contributed by atoms with Crippen LogP contribution in [0.4, 0.5) is 0 Å². The molecule has 0 aliphatic rings. The Morgan fingerprint density at radius 2 is 1.71 bits per heavy atom. The fourth-order valence-corrected chi connectivity index (χ4v) is 11.3. The fraction of sp³-hybridized carbons (Fsp3) is 1.00. The highest BCUT2D eigenvalue weighted by Crippen LogP contribution is 2.26. The molecule has 0 spiro atoms. The molecule has 0 rings (SSSR count). The summed E-state index contributed by atoms with van der Waals surface area (Å²) in [6.07, 6.45) is 2.23. The summed E-state index contributed by atoms with van der Waals surface area (Å²) < 4.78 is 12.5. The zero-order valence-electron chi connectivity index (χ0n) is 13.1. The van der Waals surface area contributed by atoms with Crippen LogP contribution in [0.25, 0.3) is 0 Å². The monoisotopic (exact) mass is 292 g/mol. The molecule has 2 nitrogen and oxygen atoms in total. The van der Waals surface area contributed by atoms with Gasteiger partial charge in [0.15, 0.2) is 27.1 Å². The quantitative estimate of drug-likeness (QED) is 0.640. The lowest BCUT2D eigenvalue weighted by atomic mass is 10.0. The van der Waals surface area contributed by atoms with E-state index in [4.69, 9.17) is 8.54 Å². The smallest absolute Gasteiger partial charge is 0.175 e. The minimum Gasteiger partial charge on any atom is -0.458 e. The lowest BCUT2D eigenvalue weighted by Crippen LogP contribution is -2.43. The molecule has 5 heteroatoms. The highest BCUT2D eigenvalue weighted by atomic mass is 28.4. The van der Waals surface area contributed by atoms with Crippen LogP contribution in [0.1, 0.15) is 40.5 Å². The summed E-state index contributed by atoms with van der Waals surface area (Å²) in [5.74, 6) is 0. The van der Waals surface area contributed by atoms with Crippen molar-refractivity contribution in [1.82, 2.24) is 0 Å². The predicted octanol–water partition coefficient (Wildman–Crippen LogP) is 3.22. The van der Waals surface area contributed by atoms with E-state index in [0.717, 1.165) is 12.8 Å². The fourth-order valence-electron chi connectivity index (χ4n) is 1.70. The van der Waals surface area contributed by atoms with Gasteiger partial charge in [-0.05, 0) is 51.1 Å². The second kappa shape index (κ2) is 7.23.